The highest BCUT2D eigenvalue weighted by molar-refractivity contribution is 5.25. The van der Waals surface area contributed by atoms with E-state index in [0.29, 0.717) is 28.6 Å². The van der Waals surface area contributed by atoms with Crippen LogP contribution in [0.2, 0.25) is 0 Å². The first-order valence-electron chi connectivity index (χ1n) is 13.2. The van der Waals surface area contributed by atoms with Gasteiger partial charge in [0.05, 0.1) is 12.2 Å². The van der Waals surface area contributed by atoms with Crippen LogP contribution in [0.3, 0.4) is 0 Å². The van der Waals surface area contributed by atoms with Gasteiger partial charge in [0.15, 0.2) is 0 Å². The molecule has 4 aliphatic rings. The van der Waals surface area contributed by atoms with Gasteiger partial charge in [-0.2, -0.15) is 0 Å². The molecule has 4 aliphatic carbocycles. The maximum absolute atomic E-state index is 10.4. The van der Waals surface area contributed by atoms with Crippen molar-refractivity contribution in [1.29, 1.82) is 0 Å². The SMILES string of the molecule is CC(C)C(O)CCC(C)C1CCC2C3CC=C4C(CCC(O)[C@@H]4C)[C@]3(C)CC[C@]12C. The molecule has 172 valence electrons. The van der Waals surface area contributed by atoms with Crippen molar-refractivity contribution >= 4 is 0 Å². The molecule has 3 fully saturated rings. The Labute approximate surface area is 185 Å². The van der Waals surface area contributed by atoms with E-state index in [4.69, 9.17) is 0 Å². The lowest BCUT2D eigenvalue weighted by Gasteiger charge is -2.60. The number of rotatable bonds is 5. The third kappa shape index (κ3) is 3.53. The second kappa shape index (κ2) is 8.22. The van der Waals surface area contributed by atoms with Crippen molar-refractivity contribution < 1.29 is 10.2 Å². The van der Waals surface area contributed by atoms with Gasteiger partial charge in [0, 0.05) is 5.92 Å². The molecule has 2 heteroatoms. The lowest BCUT2D eigenvalue weighted by Crippen LogP contribution is -2.53. The molecule has 0 spiro atoms. The van der Waals surface area contributed by atoms with E-state index in [2.05, 4.69) is 47.6 Å². The summed E-state index contributed by atoms with van der Waals surface area (Å²) in [6.45, 7) is 14.3. The highest BCUT2D eigenvalue weighted by atomic mass is 16.3. The lowest BCUT2D eigenvalue weighted by atomic mass is 9.44. The summed E-state index contributed by atoms with van der Waals surface area (Å²) in [4.78, 5) is 0. The van der Waals surface area contributed by atoms with Crippen molar-refractivity contribution in [2.45, 2.75) is 112 Å². The molecule has 0 bridgehead atoms. The molecule has 0 aromatic heterocycles. The number of aliphatic hydroxyl groups is 2. The van der Waals surface area contributed by atoms with Crippen LogP contribution in [0, 0.1) is 52.3 Å². The van der Waals surface area contributed by atoms with Gasteiger partial charge >= 0.3 is 0 Å². The molecule has 4 rings (SSSR count). The summed E-state index contributed by atoms with van der Waals surface area (Å²) in [6, 6.07) is 0. The minimum absolute atomic E-state index is 0.126. The second-order valence-electron chi connectivity index (χ2n) is 12.7. The van der Waals surface area contributed by atoms with Crippen molar-refractivity contribution in [3.63, 3.8) is 0 Å². The van der Waals surface area contributed by atoms with Gasteiger partial charge in [-0.25, -0.2) is 0 Å². The van der Waals surface area contributed by atoms with Crippen LogP contribution < -0.4 is 0 Å². The molecule has 0 saturated heterocycles. The van der Waals surface area contributed by atoms with E-state index in [1.54, 1.807) is 5.57 Å². The largest absolute Gasteiger partial charge is 0.393 e. The molecule has 0 radical (unpaired) electrons. The Morgan fingerprint density at radius 1 is 0.967 bits per heavy atom. The molecular formula is C28H48O2. The molecule has 10 atom stereocenters. The maximum atomic E-state index is 10.4. The van der Waals surface area contributed by atoms with E-state index in [1.807, 2.05) is 0 Å². The van der Waals surface area contributed by atoms with Crippen molar-refractivity contribution in [2.24, 2.45) is 52.3 Å². The molecule has 0 aromatic rings. The third-order valence-corrected chi connectivity index (χ3v) is 11.1. The Hall–Kier alpha value is -0.340. The first-order chi connectivity index (χ1) is 14.1. The van der Waals surface area contributed by atoms with Gasteiger partial charge < -0.3 is 10.2 Å². The van der Waals surface area contributed by atoms with Gasteiger partial charge in [0.25, 0.3) is 0 Å². The lowest BCUT2D eigenvalue weighted by molar-refractivity contribution is -0.0882. The Bertz CT molecular complexity index is 653. The van der Waals surface area contributed by atoms with Gasteiger partial charge in [-0.15, -0.1) is 0 Å². The zero-order chi connectivity index (χ0) is 21.8. The molecule has 2 N–H and O–H groups in total. The van der Waals surface area contributed by atoms with Crippen molar-refractivity contribution in [3.05, 3.63) is 11.6 Å². The van der Waals surface area contributed by atoms with E-state index in [0.717, 1.165) is 36.5 Å². The maximum Gasteiger partial charge on any atom is 0.0603 e. The summed E-state index contributed by atoms with van der Waals surface area (Å²) >= 11 is 0. The van der Waals surface area contributed by atoms with Crippen molar-refractivity contribution in [3.8, 4) is 0 Å². The predicted octanol–water partition coefficient (Wildman–Crippen LogP) is 6.61. The topological polar surface area (TPSA) is 40.5 Å². The third-order valence-electron chi connectivity index (χ3n) is 11.1. The van der Waals surface area contributed by atoms with Crippen molar-refractivity contribution in [2.75, 3.05) is 0 Å². The average molecular weight is 417 g/mol. The Morgan fingerprint density at radius 2 is 1.67 bits per heavy atom. The molecule has 3 saturated carbocycles. The first kappa shape index (κ1) is 22.8. The highest BCUT2D eigenvalue weighted by Gasteiger charge is 2.61. The van der Waals surface area contributed by atoms with E-state index in [1.165, 1.54) is 44.9 Å². The Kier molecular flexibility index (Phi) is 6.26. The average Bonchev–Trinajstić information content (AvgIpc) is 3.05. The zero-order valence-electron chi connectivity index (χ0n) is 20.5. The van der Waals surface area contributed by atoms with Gasteiger partial charge in [-0.05, 0) is 104 Å². The zero-order valence-corrected chi connectivity index (χ0v) is 20.5. The standard InChI is InChI=1S/C28H48O2/c1-17(2)25(29)13-7-18(3)21-10-11-24-23-9-8-20-19(4)26(30)14-12-22(20)28(23,6)16-15-27(21,24)5/h8,17-19,21-26,29-30H,7,9-16H2,1-6H3/t18?,19-,21?,22?,23?,24?,25?,26?,27-,28+/m1/s1. The van der Waals surface area contributed by atoms with E-state index in [9.17, 15) is 10.2 Å². The number of allylic oxidation sites excluding steroid dienone is 1. The predicted molar refractivity (Wildman–Crippen MR) is 125 cm³/mol. The number of hydrogen-bond acceptors (Lipinski definition) is 2. The summed E-state index contributed by atoms with van der Waals surface area (Å²) in [7, 11) is 0. The summed E-state index contributed by atoms with van der Waals surface area (Å²) in [6.07, 6.45) is 13.4. The van der Waals surface area contributed by atoms with E-state index >= 15 is 0 Å². The summed E-state index contributed by atoms with van der Waals surface area (Å²) in [5.74, 6) is 4.67. The van der Waals surface area contributed by atoms with Crippen LogP contribution in [0.4, 0.5) is 0 Å². The monoisotopic (exact) mass is 416 g/mol. The first-order valence-corrected chi connectivity index (χ1v) is 13.2. The molecule has 0 aliphatic heterocycles. The van der Waals surface area contributed by atoms with Crippen LogP contribution in [0.1, 0.15) is 99.3 Å². The van der Waals surface area contributed by atoms with Gasteiger partial charge in [0.1, 0.15) is 0 Å². The van der Waals surface area contributed by atoms with Gasteiger partial charge in [-0.1, -0.05) is 53.2 Å². The number of aliphatic hydroxyl groups excluding tert-OH is 2. The Morgan fingerprint density at radius 3 is 2.37 bits per heavy atom. The number of hydrogen-bond donors (Lipinski definition) is 2. The van der Waals surface area contributed by atoms with Gasteiger partial charge in [0.2, 0.25) is 0 Å². The normalized spacial score (nSPS) is 47.8. The molecule has 2 nitrogen and oxygen atoms in total. The minimum atomic E-state index is -0.141. The smallest absolute Gasteiger partial charge is 0.0603 e. The fourth-order valence-electron chi connectivity index (χ4n) is 8.87. The summed E-state index contributed by atoms with van der Waals surface area (Å²) in [5, 5.41) is 20.8. The summed E-state index contributed by atoms with van der Waals surface area (Å²) < 4.78 is 0. The van der Waals surface area contributed by atoms with Crippen LogP contribution in [0.25, 0.3) is 0 Å². The molecule has 0 amide bonds. The molecule has 30 heavy (non-hydrogen) atoms. The van der Waals surface area contributed by atoms with Crippen LogP contribution in [-0.4, -0.2) is 22.4 Å². The van der Waals surface area contributed by atoms with Crippen molar-refractivity contribution in [1.82, 2.24) is 0 Å². The minimum Gasteiger partial charge on any atom is -0.393 e. The Balaban J connectivity index is 1.51. The molecule has 7 unspecified atom stereocenters. The second-order valence-corrected chi connectivity index (χ2v) is 12.7. The number of fused-ring (bicyclic) bond motifs is 5. The van der Waals surface area contributed by atoms with Gasteiger partial charge in [-0.3, -0.25) is 0 Å². The van der Waals surface area contributed by atoms with Crippen LogP contribution in [0.5, 0.6) is 0 Å². The molecule has 0 aromatic carbocycles. The fourth-order valence-corrected chi connectivity index (χ4v) is 8.87. The van der Waals surface area contributed by atoms with E-state index < -0.39 is 0 Å². The quantitative estimate of drug-likeness (QED) is 0.495. The highest BCUT2D eigenvalue weighted by Crippen LogP contribution is 2.69. The molecule has 0 heterocycles. The van der Waals surface area contributed by atoms with Crippen LogP contribution in [-0.2, 0) is 0 Å². The van der Waals surface area contributed by atoms with Crippen LogP contribution in [0.15, 0.2) is 11.6 Å². The molecular weight excluding hydrogens is 368 g/mol. The van der Waals surface area contributed by atoms with Crippen LogP contribution >= 0.6 is 0 Å². The summed E-state index contributed by atoms with van der Waals surface area (Å²) in [5.41, 5.74) is 2.52. The fraction of sp³-hybridized carbons (Fsp3) is 0.929. The van der Waals surface area contributed by atoms with E-state index in [-0.39, 0.29) is 12.2 Å².